The number of rotatable bonds is 10. The first-order chi connectivity index (χ1) is 15.7. The van der Waals surface area contributed by atoms with Crippen LogP contribution >= 0.6 is 24.0 Å². The van der Waals surface area contributed by atoms with E-state index in [1.165, 1.54) is 5.56 Å². The molecule has 0 bridgehead atoms. The molecule has 2 aromatic rings. The lowest BCUT2D eigenvalue weighted by molar-refractivity contribution is -0.118. The zero-order valence-corrected chi connectivity index (χ0v) is 22.1. The number of ether oxygens (including phenoxy) is 2. The van der Waals surface area contributed by atoms with Gasteiger partial charge in [0.2, 0.25) is 5.91 Å². The van der Waals surface area contributed by atoms with E-state index in [0.29, 0.717) is 13.0 Å². The number of guanidine groups is 1. The zero-order valence-electron chi connectivity index (χ0n) is 19.7. The third kappa shape index (κ3) is 7.52. The van der Waals surface area contributed by atoms with Gasteiger partial charge in [-0.2, -0.15) is 0 Å². The molecule has 0 spiro atoms. The minimum Gasteiger partial charge on any atom is -0.493 e. The Labute approximate surface area is 214 Å². The van der Waals surface area contributed by atoms with Gasteiger partial charge in [-0.3, -0.25) is 9.79 Å². The summed E-state index contributed by atoms with van der Waals surface area (Å²) in [5, 5.41) is 6.63. The number of benzene rings is 2. The summed E-state index contributed by atoms with van der Waals surface area (Å²) in [6.45, 7) is 4.95. The molecule has 0 radical (unpaired) electrons. The Morgan fingerprint density at radius 1 is 1.09 bits per heavy atom. The highest BCUT2D eigenvalue weighted by Crippen LogP contribution is 2.28. The smallest absolute Gasteiger partial charge is 0.227 e. The van der Waals surface area contributed by atoms with Gasteiger partial charge in [0, 0.05) is 38.3 Å². The molecule has 0 saturated heterocycles. The summed E-state index contributed by atoms with van der Waals surface area (Å²) < 4.78 is 10.7. The molecule has 0 aliphatic carbocycles. The van der Waals surface area contributed by atoms with Crippen LogP contribution in [0.2, 0.25) is 0 Å². The predicted octanol–water partition coefficient (Wildman–Crippen LogP) is 3.79. The van der Waals surface area contributed by atoms with E-state index in [1.54, 1.807) is 14.2 Å². The van der Waals surface area contributed by atoms with Crippen molar-refractivity contribution in [2.75, 3.05) is 45.3 Å². The van der Waals surface area contributed by atoms with Crippen molar-refractivity contribution in [3.63, 3.8) is 0 Å². The number of methoxy groups -OCH3 is 2. The molecule has 1 heterocycles. The third-order valence-electron chi connectivity index (χ3n) is 5.51. The zero-order chi connectivity index (χ0) is 22.8. The average Bonchev–Trinajstić information content (AvgIpc) is 3.26. The largest absolute Gasteiger partial charge is 0.493 e. The van der Waals surface area contributed by atoms with Crippen molar-refractivity contribution >= 4 is 41.5 Å². The van der Waals surface area contributed by atoms with Crippen molar-refractivity contribution in [3.8, 4) is 11.5 Å². The molecule has 0 unspecified atom stereocenters. The molecule has 0 atom stereocenters. The Morgan fingerprint density at radius 3 is 2.64 bits per heavy atom. The van der Waals surface area contributed by atoms with Gasteiger partial charge < -0.3 is 25.0 Å². The maximum Gasteiger partial charge on any atom is 0.227 e. The molecule has 3 rings (SSSR count). The molecule has 1 aliphatic heterocycles. The number of hydrogen-bond donors (Lipinski definition) is 2. The van der Waals surface area contributed by atoms with Gasteiger partial charge in [0.15, 0.2) is 17.5 Å². The topological polar surface area (TPSA) is 75.2 Å². The fourth-order valence-corrected chi connectivity index (χ4v) is 3.86. The highest BCUT2D eigenvalue weighted by atomic mass is 127. The fraction of sp³-hybridized carbons (Fsp3) is 0.440. The van der Waals surface area contributed by atoms with E-state index >= 15 is 0 Å². The second-order valence-corrected chi connectivity index (χ2v) is 7.65. The van der Waals surface area contributed by atoms with Gasteiger partial charge in [-0.05, 0) is 55.5 Å². The van der Waals surface area contributed by atoms with Crippen LogP contribution in [0.1, 0.15) is 30.9 Å². The maximum absolute atomic E-state index is 12.6. The number of fused-ring (bicyclic) bond motifs is 1. The van der Waals surface area contributed by atoms with E-state index in [9.17, 15) is 4.79 Å². The Hall–Kier alpha value is -2.49. The Kier molecular flexibility index (Phi) is 11.3. The van der Waals surface area contributed by atoms with Crippen LogP contribution in [0.4, 0.5) is 5.69 Å². The van der Waals surface area contributed by atoms with Gasteiger partial charge in [-0.1, -0.05) is 24.3 Å². The summed E-state index contributed by atoms with van der Waals surface area (Å²) in [5.74, 6) is 2.41. The number of anilines is 1. The van der Waals surface area contributed by atoms with Crippen molar-refractivity contribution in [1.82, 2.24) is 10.6 Å². The summed E-state index contributed by atoms with van der Waals surface area (Å²) in [4.78, 5) is 19.2. The van der Waals surface area contributed by atoms with Crippen molar-refractivity contribution in [3.05, 3.63) is 53.6 Å². The lowest BCUT2D eigenvalue weighted by atomic mass is 10.1. The van der Waals surface area contributed by atoms with E-state index in [0.717, 1.165) is 67.6 Å². The number of halogens is 1. The number of carbonyl (C=O) groups excluding carboxylic acids is 1. The average molecular weight is 566 g/mol. The van der Waals surface area contributed by atoms with Crippen molar-refractivity contribution in [1.29, 1.82) is 0 Å². The number of carbonyl (C=O) groups is 1. The van der Waals surface area contributed by atoms with Gasteiger partial charge in [-0.25, -0.2) is 0 Å². The molecular formula is C25H35IN4O3. The molecule has 0 aromatic heterocycles. The Balaban J connectivity index is 0.00000385. The van der Waals surface area contributed by atoms with Gasteiger partial charge in [0.05, 0.1) is 14.2 Å². The summed E-state index contributed by atoms with van der Waals surface area (Å²) in [7, 11) is 3.28. The summed E-state index contributed by atoms with van der Waals surface area (Å²) in [6, 6.07) is 14.1. The number of hydrogen-bond acceptors (Lipinski definition) is 4. The number of para-hydroxylation sites is 1. The van der Waals surface area contributed by atoms with Crippen LogP contribution in [0.25, 0.3) is 0 Å². The lowest BCUT2D eigenvalue weighted by Gasteiger charge is -2.17. The minimum atomic E-state index is 0. The Morgan fingerprint density at radius 2 is 1.88 bits per heavy atom. The van der Waals surface area contributed by atoms with Crippen LogP contribution in [-0.2, 0) is 17.6 Å². The lowest BCUT2D eigenvalue weighted by Crippen LogP contribution is -2.38. The SMILES string of the molecule is CCNC(=NCCCC(=O)N1CCc2ccccc21)NCCc1ccc(OC)c(OC)c1.I. The second kappa shape index (κ2) is 13.9. The summed E-state index contributed by atoms with van der Waals surface area (Å²) in [5.41, 5.74) is 3.47. The summed E-state index contributed by atoms with van der Waals surface area (Å²) >= 11 is 0. The molecule has 1 aliphatic rings. The molecule has 33 heavy (non-hydrogen) atoms. The molecule has 2 aromatic carbocycles. The van der Waals surface area contributed by atoms with Crippen LogP contribution < -0.4 is 25.0 Å². The first-order valence-corrected chi connectivity index (χ1v) is 11.3. The third-order valence-corrected chi connectivity index (χ3v) is 5.51. The number of nitrogens with zero attached hydrogens (tertiary/aromatic N) is 2. The van der Waals surface area contributed by atoms with Crippen LogP contribution in [0, 0.1) is 0 Å². The second-order valence-electron chi connectivity index (χ2n) is 7.65. The van der Waals surface area contributed by atoms with Crippen molar-refractivity contribution in [2.24, 2.45) is 4.99 Å². The minimum absolute atomic E-state index is 0. The van der Waals surface area contributed by atoms with Crippen LogP contribution in [-0.4, -0.2) is 52.3 Å². The van der Waals surface area contributed by atoms with Crippen LogP contribution in [0.3, 0.4) is 0 Å². The molecule has 0 fully saturated rings. The highest BCUT2D eigenvalue weighted by molar-refractivity contribution is 14.0. The maximum atomic E-state index is 12.6. The Bertz CT molecular complexity index is 936. The molecule has 8 heteroatoms. The molecule has 1 amide bonds. The standard InChI is InChI=1S/C25H34N4O3.HI/c1-4-26-25(28-16-13-19-11-12-22(31-2)23(18-19)32-3)27-15-7-10-24(30)29-17-14-20-8-5-6-9-21(20)29;/h5-6,8-9,11-12,18H,4,7,10,13-17H2,1-3H3,(H2,26,27,28);1H. The van der Waals surface area contributed by atoms with Crippen LogP contribution in [0.15, 0.2) is 47.5 Å². The molecule has 2 N–H and O–H groups in total. The van der Waals surface area contributed by atoms with Crippen molar-refractivity contribution in [2.45, 2.75) is 32.6 Å². The van der Waals surface area contributed by atoms with E-state index in [1.807, 2.05) is 48.2 Å². The fourth-order valence-electron chi connectivity index (χ4n) is 3.86. The van der Waals surface area contributed by atoms with Gasteiger partial charge >= 0.3 is 0 Å². The van der Waals surface area contributed by atoms with E-state index in [4.69, 9.17) is 9.47 Å². The highest BCUT2D eigenvalue weighted by Gasteiger charge is 2.23. The van der Waals surface area contributed by atoms with E-state index in [-0.39, 0.29) is 29.9 Å². The quantitative estimate of drug-likeness (QED) is 0.198. The monoisotopic (exact) mass is 566 g/mol. The first kappa shape index (κ1) is 26.8. The molecule has 0 saturated carbocycles. The van der Waals surface area contributed by atoms with E-state index < -0.39 is 0 Å². The molecular weight excluding hydrogens is 531 g/mol. The van der Waals surface area contributed by atoms with Gasteiger partial charge in [0.1, 0.15) is 0 Å². The number of nitrogens with one attached hydrogen (secondary N) is 2. The number of amides is 1. The van der Waals surface area contributed by atoms with E-state index in [2.05, 4.69) is 21.7 Å². The predicted molar refractivity (Wildman–Crippen MR) is 144 cm³/mol. The number of aliphatic imine (C=N–C) groups is 1. The summed E-state index contributed by atoms with van der Waals surface area (Å²) in [6.07, 6.45) is 3.00. The van der Waals surface area contributed by atoms with Crippen LogP contribution in [0.5, 0.6) is 11.5 Å². The molecule has 180 valence electrons. The van der Waals surface area contributed by atoms with Gasteiger partial charge in [0.25, 0.3) is 0 Å². The molecule has 7 nitrogen and oxygen atoms in total. The first-order valence-electron chi connectivity index (χ1n) is 11.3. The van der Waals surface area contributed by atoms with Gasteiger partial charge in [-0.15, -0.1) is 24.0 Å². The normalized spacial score (nSPS) is 12.6. The van der Waals surface area contributed by atoms with Crippen molar-refractivity contribution < 1.29 is 14.3 Å².